The number of benzene rings is 2. The Hall–Kier alpha value is -2.35. The molecule has 0 unspecified atom stereocenters. The van der Waals surface area contributed by atoms with Crippen molar-refractivity contribution in [3.8, 4) is 11.8 Å². The SMILES string of the molecule is COCC#C/C(=C\S(=O)(=O)c1ccccc1)c1ccccc1. The molecule has 0 aliphatic heterocycles. The third-order valence-corrected chi connectivity index (χ3v) is 4.34. The molecule has 0 aromatic heterocycles. The predicted molar refractivity (Wildman–Crippen MR) is 87.7 cm³/mol. The Morgan fingerprint density at radius 2 is 1.64 bits per heavy atom. The van der Waals surface area contributed by atoms with Crippen LogP contribution < -0.4 is 0 Å². The predicted octanol–water partition coefficient (Wildman–Crippen LogP) is 3.15. The van der Waals surface area contributed by atoms with Crippen molar-refractivity contribution in [2.45, 2.75) is 4.90 Å². The molecule has 0 saturated carbocycles. The van der Waals surface area contributed by atoms with Crippen LogP contribution in [0, 0.1) is 11.8 Å². The summed E-state index contributed by atoms with van der Waals surface area (Å²) in [6.45, 7) is 0.246. The molecular weight excluding hydrogens is 296 g/mol. The standard InChI is InChI=1S/C18H16O3S/c1-21-14-8-11-17(16-9-4-2-5-10-16)15-22(19,20)18-12-6-3-7-13-18/h2-7,9-10,12-13,15H,14H2,1H3/b17-15+. The minimum Gasteiger partial charge on any atom is -0.372 e. The minimum atomic E-state index is -3.55. The molecule has 0 spiro atoms. The van der Waals surface area contributed by atoms with Crippen molar-refractivity contribution >= 4 is 15.4 Å². The molecule has 112 valence electrons. The maximum Gasteiger partial charge on any atom is 0.201 e. The monoisotopic (exact) mass is 312 g/mol. The number of hydrogen-bond donors (Lipinski definition) is 0. The summed E-state index contributed by atoms with van der Waals surface area (Å²) >= 11 is 0. The van der Waals surface area contributed by atoms with E-state index in [9.17, 15) is 8.42 Å². The first-order valence-electron chi connectivity index (χ1n) is 6.68. The first-order valence-corrected chi connectivity index (χ1v) is 8.23. The van der Waals surface area contributed by atoms with Gasteiger partial charge in [0.1, 0.15) is 6.61 Å². The summed E-state index contributed by atoms with van der Waals surface area (Å²) in [5.41, 5.74) is 1.20. The highest BCUT2D eigenvalue weighted by Gasteiger charge is 2.12. The molecule has 0 heterocycles. The van der Waals surface area contributed by atoms with Crippen molar-refractivity contribution in [1.82, 2.24) is 0 Å². The topological polar surface area (TPSA) is 43.4 Å². The highest BCUT2D eigenvalue weighted by atomic mass is 32.2. The third-order valence-electron chi connectivity index (χ3n) is 2.87. The van der Waals surface area contributed by atoms with Gasteiger partial charge in [-0.05, 0) is 17.7 Å². The fourth-order valence-electron chi connectivity index (χ4n) is 1.82. The van der Waals surface area contributed by atoms with E-state index in [1.807, 2.05) is 30.3 Å². The highest BCUT2D eigenvalue weighted by molar-refractivity contribution is 7.94. The number of sulfone groups is 1. The van der Waals surface area contributed by atoms with Gasteiger partial charge in [-0.1, -0.05) is 60.4 Å². The normalized spacial score (nSPS) is 11.6. The van der Waals surface area contributed by atoms with Crippen molar-refractivity contribution in [3.63, 3.8) is 0 Å². The molecule has 2 rings (SSSR count). The molecule has 22 heavy (non-hydrogen) atoms. The van der Waals surface area contributed by atoms with E-state index in [4.69, 9.17) is 4.74 Å². The molecule has 3 nitrogen and oxygen atoms in total. The Balaban J connectivity index is 2.48. The first-order chi connectivity index (χ1) is 10.6. The Labute approximate surface area is 131 Å². The third kappa shape index (κ3) is 4.32. The summed E-state index contributed by atoms with van der Waals surface area (Å²) in [6, 6.07) is 17.5. The second-order valence-corrected chi connectivity index (χ2v) is 6.29. The van der Waals surface area contributed by atoms with Crippen molar-refractivity contribution in [3.05, 3.63) is 71.6 Å². The van der Waals surface area contributed by atoms with Crippen LogP contribution in [0.25, 0.3) is 5.57 Å². The van der Waals surface area contributed by atoms with Gasteiger partial charge >= 0.3 is 0 Å². The van der Waals surface area contributed by atoms with Gasteiger partial charge in [-0.15, -0.1) is 0 Å². The van der Waals surface area contributed by atoms with Crippen LogP contribution in [0.4, 0.5) is 0 Å². The summed E-state index contributed by atoms with van der Waals surface area (Å²) in [5.74, 6) is 5.67. The van der Waals surface area contributed by atoms with E-state index in [2.05, 4.69) is 11.8 Å². The van der Waals surface area contributed by atoms with Gasteiger partial charge in [-0.3, -0.25) is 0 Å². The summed E-state index contributed by atoms with van der Waals surface area (Å²) in [7, 11) is -2.01. The average Bonchev–Trinajstić information content (AvgIpc) is 2.56. The summed E-state index contributed by atoms with van der Waals surface area (Å²) < 4.78 is 29.8. The maximum atomic E-state index is 12.5. The van der Waals surface area contributed by atoms with E-state index in [1.165, 1.54) is 5.41 Å². The van der Waals surface area contributed by atoms with Gasteiger partial charge in [0.15, 0.2) is 0 Å². The van der Waals surface area contributed by atoms with Gasteiger partial charge in [-0.2, -0.15) is 0 Å². The number of hydrogen-bond acceptors (Lipinski definition) is 3. The zero-order valence-electron chi connectivity index (χ0n) is 12.2. The van der Waals surface area contributed by atoms with Crippen molar-refractivity contribution < 1.29 is 13.2 Å². The Kier molecular flexibility index (Phi) is 5.54. The highest BCUT2D eigenvalue weighted by Crippen LogP contribution is 2.19. The van der Waals surface area contributed by atoms with Crippen LogP contribution >= 0.6 is 0 Å². The van der Waals surface area contributed by atoms with Crippen molar-refractivity contribution in [2.24, 2.45) is 0 Å². The molecule has 0 fully saturated rings. The van der Waals surface area contributed by atoms with Gasteiger partial charge < -0.3 is 4.74 Å². The van der Waals surface area contributed by atoms with Crippen LogP contribution in [0.1, 0.15) is 5.56 Å². The molecule has 0 radical (unpaired) electrons. The molecule has 2 aromatic rings. The Morgan fingerprint density at radius 3 is 2.23 bits per heavy atom. The lowest BCUT2D eigenvalue weighted by atomic mass is 10.1. The fourth-order valence-corrected chi connectivity index (χ4v) is 3.00. The summed E-state index contributed by atoms with van der Waals surface area (Å²) in [4.78, 5) is 0.247. The fraction of sp³-hybridized carbons (Fsp3) is 0.111. The van der Waals surface area contributed by atoms with E-state index in [1.54, 1.807) is 37.4 Å². The number of methoxy groups -OCH3 is 1. The molecule has 0 aliphatic carbocycles. The second kappa shape index (κ2) is 7.60. The first kappa shape index (κ1) is 16.0. The van der Waals surface area contributed by atoms with Gasteiger partial charge in [0.05, 0.1) is 10.3 Å². The van der Waals surface area contributed by atoms with Crippen molar-refractivity contribution in [1.29, 1.82) is 0 Å². The van der Waals surface area contributed by atoms with Gasteiger partial charge in [-0.25, -0.2) is 8.42 Å². The maximum absolute atomic E-state index is 12.5. The quantitative estimate of drug-likeness (QED) is 0.815. The van der Waals surface area contributed by atoms with E-state index in [0.29, 0.717) is 5.57 Å². The molecule has 0 amide bonds. The zero-order chi connectivity index (χ0) is 15.8. The number of ether oxygens (including phenoxy) is 1. The summed E-state index contributed by atoms with van der Waals surface area (Å²) in [5, 5.41) is 1.21. The Bertz CT molecular complexity index is 796. The lowest BCUT2D eigenvalue weighted by Gasteiger charge is -2.03. The van der Waals surface area contributed by atoms with E-state index < -0.39 is 9.84 Å². The molecule has 4 heteroatoms. The molecule has 0 atom stereocenters. The van der Waals surface area contributed by atoms with Crippen LogP contribution in [-0.2, 0) is 14.6 Å². The zero-order valence-corrected chi connectivity index (χ0v) is 13.0. The van der Waals surface area contributed by atoms with Crippen LogP contribution in [0.5, 0.6) is 0 Å². The van der Waals surface area contributed by atoms with Crippen LogP contribution in [0.15, 0.2) is 71.0 Å². The van der Waals surface area contributed by atoms with Crippen LogP contribution in [-0.4, -0.2) is 22.1 Å². The van der Waals surface area contributed by atoms with Crippen molar-refractivity contribution in [2.75, 3.05) is 13.7 Å². The molecule has 0 saturated heterocycles. The smallest absolute Gasteiger partial charge is 0.201 e. The van der Waals surface area contributed by atoms with Crippen LogP contribution in [0.2, 0.25) is 0 Å². The van der Waals surface area contributed by atoms with E-state index in [-0.39, 0.29) is 11.5 Å². The molecular formula is C18H16O3S. The largest absolute Gasteiger partial charge is 0.372 e. The van der Waals surface area contributed by atoms with Crippen LogP contribution in [0.3, 0.4) is 0 Å². The minimum absolute atomic E-state index is 0.246. The molecule has 2 aromatic carbocycles. The average molecular weight is 312 g/mol. The number of rotatable bonds is 4. The van der Waals surface area contributed by atoms with Gasteiger partial charge in [0, 0.05) is 12.7 Å². The van der Waals surface area contributed by atoms with E-state index in [0.717, 1.165) is 5.56 Å². The molecule has 0 N–H and O–H groups in total. The second-order valence-electron chi connectivity index (χ2n) is 4.49. The number of allylic oxidation sites excluding steroid dienone is 1. The van der Waals surface area contributed by atoms with E-state index >= 15 is 0 Å². The van der Waals surface area contributed by atoms with Gasteiger partial charge in [0.2, 0.25) is 9.84 Å². The summed E-state index contributed by atoms with van der Waals surface area (Å²) in [6.07, 6.45) is 0. The lowest BCUT2D eigenvalue weighted by molar-refractivity contribution is 0.240. The van der Waals surface area contributed by atoms with Gasteiger partial charge in [0.25, 0.3) is 0 Å². The Morgan fingerprint density at radius 1 is 1.05 bits per heavy atom. The molecule has 0 bridgehead atoms. The molecule has 0 aliphatic rings. The lowest BCUT2D eigenvalue weighted by Crippen LogP contribution is -1.98.